The largest absolute Gasteiger partial charge is 0.465 e. The standard InChI is InChI=1S/C11H12O.C9H7.C2H6Si.Ti/c1-2-3-7-10-12-11-8-5-4-6-9-11;1-2-5-9-7-3-6-8(9)4-1;1-3-2;/h2-10H,1H3;1-7H;1-2H3;/q;-1;;. The Morgan fingerprint density at radius 3 is 2.16 bits per heavy atom. The van der Waals surface area contributed by atoms with Gasteiger partial charge in [0.1, 0.15) is 5.75 Å². The molecule has 0 bridgehead atoms. The Morgan fingerprint density at radius 2 is 1.52 bits per heavy atom. The van der Waals surface area contributed by atoms with Gasteiger partial charge in [-0.25, -0.2) is 0 Å². The summed E-state index contributed by atoms with van der Waals surface area (Å²) < 4.78 is 5.28. The maximum Gasteiger partial charge on any atom is 0.126 e. The summed E-state index contributed by atoms with van der Waals surface area (Å²) in [6.45, 7) is 6.27. The Hall–Kier alpha value is -1.74. The topological polar surface area (TPSA) is 9.23 Å². The molecule has 0 atom stereocenters. The summed E-state index contributed by atoms with van der Waals surface area (Å²) >= 11 is 0. The summed E-state index contributed by atoms with van der Waals surface area (Å²) in [6.07, 6.45) is 7.39. The predicted octanol–water partition coefficient (Wildman–Crippen LogP) is 6.50. The van der Waals surface area contributed by atoms with Gasteiger partial charge in [0, 0.05) is 31.2 Å². The van der Waals surface area contributed by atoms with Gasteiger partial charge in [0.05, 0.1) is 6.26 Å². The molecule has 3 heteroatoms. The molecule has 1 nitrogen and oxygen atoms in total. The van der Waals surface area contributed by atoms with E-state index < -0.39 is 0 Å². The minimum atomic E-state index is 0. The molecule has 0 fully saturated rings. The minimum absolute atomic E-state index is 0. The van der Waals surface area contributed by atoms with Gasteiger partial charge in [-0.3, -0.25) is 0 Å². The van der Waals surface area contributed by atoms with Crippen LogP contribution in [0.25, 0.3) is 10.8 Å². The number of fused-ring (bicyclic) bond motifs is 1. The van der Waals surface area contributed by atoms with E-state index in [2.05, 4.69) is 55.6 Å². The molecule has 0 aromatic heterocycles. The Kier molecular flexibility index (Phi) is 14.7. The molecule has 2 radical (unpaired) electrons. The van der Waals surface area contributed by atoms with Crippen molar-refractivity contribution in [3.63, 3.8) is 0 Å². The third kappa shape index (κ3) is 10.7. The number of hydrogen-bond donors (Lipinski definition) is 0. The third-order valence-corrected chi connectivity index (χ3v) is 2.88. The molecule has 0 saturated carbocycles. The van der Waals surface area contributed by atoms with Gasteiger partial charge < -0.3 is 4.74 Å². The van der Waals surface area contributed by atoms with Crippen molar-refractivity contribution in [3.05, 3.63) is 97.3 Å². The van der Waals surface area contributed by atoms with Crippen LogP contribution < -0.4 is 4.74 Å². The number of hydrogen-bond acceptors (Lipinski definition) is 1. The Morgan fingerprint density at radius 1 is 0.880 bits per heavy atom. The molecular formula is C22H25OSiTi-. The molecule has 0 spiro atoms. The molecule has 0 aliphatic heterocycles. The van der Waals surface area contributed by atoms with Crippen LogP contribution in [-0.4, -0.2) is 9.52 Å². The van der Waals surface area contributed by atoms with E-state index in [0.717, 1.165) is 15.3 Å². The SMILES string of the molecule is CC=CC=COc1ccccc1.C[Si]C.[Ti].c1ccc2[cH-]ccc2c1. The summed E-state index contributed by atoms with van der Waals surface area (Å²) in [4.78, 5) is 0. The zero-order valence-electron chi connectivity index (χ0n) is 15.1. The first-order valence-electron chi connectivity index (χ1n) is 8.00. The van der Waals surface area contributed by atoms with E-state index in [9.17, 15) is 0 Å². The summed E-state index contributed by atoms with van der Waals surface area (Å²) in [5, 5.41) is 2.66. The van der Waals surface area contributed by atoms with Crippen molar-refractivity contribution >= 4 is 20.3 Å². The van der Waals surface area contributed by atoms with E-state index in [1.807, 2.05) is 55.5 Å². The van der Waals surface area contributed by atoms with Crippen LogP contribution in [0.2, 0.25) is 13.1 Å². The monoisotopic (exact) mass is 381 g/mol. The van der Waals surface area contributed by atoms with Crippen molar-refractivity contribution in [2.45, 2.75) is 20.0 Å². The molecule has 25 heavy (non-hydrogen) atoms. The van der Waals surface area contributed by atoms with Crippen molar-refractivity contribution in [1.82, 2.24) is 0 Å². The van der Waals surface area contributed by atoms with Gasteiger partial charge in [-0.05, 0) is 25.1 Å². The van der Waals surface area contributed by atoms with Gasteiger partial charge in [0.15, 0.2) is 0 Å². The summed E-state index contributed by atoms with van der Waals surface area (Å²) in [6, 6.07) is 24.4. The van der Waals surface area contributed by atoms with Crippen molar-refractivity contribution in [3.8, 4) is 5.75 Å². The first-order valence-corrected chi connectivity index (χ1v) is 10.00. The number of rotatable bonds is 3. The van der Waals surface area contributed by atoms with Gasteiger partial charge in [-0.1, -0.05) is 49.5 Å². The van der Waals surface area contributed by atoms with Crippen LogP contribution >= 0.6 is 0 Å². The zero-order valence-corrected chi connectivity index (χ0v) is 17.7. The Bertz CT molecular complexity index is 687. The summed E-state index contributed by atoms with van der Waals surface area (Å²) in [5.74, 6) is 0.859. The van der Waals surface area contributed by atoms with Gasteiger partial charge in [0.25, 0.3) is 0 Å². The van der Waals surface area contributed by atoms with E-state index in [1.165, 1.54) is 10.8 Å². The zero-order chi connectivity index (χ0) is 17.5. The van der Waals surface area contributed by atoms with Crippen LogP contribution in [0.5, 0.6) is 5.75 Å². The molecule has 3 aromatic rings. The van der Waals surface area contributed by atoms with Crippen LogP contribution in [0.15, 0.2) is 97.3 Å². The second kappa shape index (κ2) is 15.8. The summed E-state index contributed by atoms with van der Waals surface area (Å²) in [7, 11) is 1.08. The fraction of sp³-hybridized carbons (Fsp3) is 0.136. The number of para-hydroxylation sites is 1. The Balaban J connectivity index is 0.000000393. The second-order valence-corrected chi connectivity index (χ2v) is 5.94. The van der Waals surface area contributed by atoms with Crippen LogP contribution in [0.3, 0.4) is 0 Å². The molecule has 3 aromatic carbocycles. The van der Waals surface area contributed by atoms with Crippen molar-refractivity contribution in [2.24, 2.45) is 0 Å². The fourth-order valence-corrected chi connectivity index (χ4v) is 1.84. The first kappa shape index (κ1) is 23.3. The van der Waals surface area contributed by atoms with E-state index in [4.69, 9.17) is 4.74 Å². The van der Waals surface area contributed by atoms with Crippen LogP contribution in [0, 0.1) is 0 Å². The molecule has 0 amide bonds. The van der Waals surface area contributed by atoms with Gasteiger partial charge in [-0.2, -0.15) is 17.5 Å². The van der Waals surface area contributed by atoms with E-state index in [1.54, 1.807) is 6.26 Å². The smallest absolute Gasteiger partial charge is 0.126 e. The molecule has 0 aliphatic rings. The normalized spacial score (nSPS) is 9.72. The van der Waals surface area contributed by atoms with Gasteiger partial charge >= 0.3 is 0 Å². The maximum absolute atomic E-state index is 5.28. The maximum atomic E-state index is 5.28. The number of allylic oxidation sites excluding steroid dienone is 3. The molecule has 128 valence electrons. The molecular weight excluding hydrogens is 356 g/mol. The summed E-state index contributed by atoms with van der Waals surface area (Å²) in [5.41, 5.74) is 0. The molecule has 0 N–H and O–H groups in total. The average Bonchev–Trinajstić information content (AvgIpc) is 3.10. The second-order valence-electron chi connectivity index (χ2n) is 4.94. The van der Waals surface area contributed by atoms with Crippen LogP contribution in [-0.2, 0) is 21.7 Å². The van der Waals surface area contributed by atoms with Crippen molar-refractivity contribution in [1.29, 1.82) is 0 Å². The molecule has 0 saturated heterocycles. The average molecular weight is 381 g/mol. The van der Waals surface area contributed by atoms with Crippen molar-refractivity contribution < 1.29 is 26.5 Å². The van der Waals surface area contributed by atoms with Crippen LogP contribution in [0.1, 0.15) is 6.92 Å². The van der Waals surface area contributed by atoms with E-state index in [-0.39, 0.29) is 21.7 Å². The minimum Gasteiger partial charge on any atom is -0.465 e. The van der Waals surface area contributed by atoms with Gasteiger partial charge in [-0.15, -0.1) is 29.7 Å². The third-order valence-electron chi connectivity index (χ3n) is 2.88. The fourth-order valence-electron chi connectivity index (χ4n) is 1.84. The van der Waals surface area contributed by atoms with Crippen molar-refractivity contribution in [2.75, 3.05) is 0 Å². The van der Waals surface area contributed by atoms with E-state index >= 15 is 0 Å². The van der Waals surface area contributed by atoms with Gasteiger partial charge in [0.2, 0.25) is 0 Å². The predicted molar refractivity (Wildman–Crippen MR) is 108 cm³/mol. The molecule has 0 heterocycles. The molecule has 3 rings (SSSR count). The molecule has 0 unspecified atom stereocenters. The van der Waals surface area contributed by atoms with Crippen LogP contribution in [0.4, 0.5) is 0 Å². The van der Waals surface area contributed by atoms with E-state index in [0.29, 0.717) is 0 Å². The quantitative estimate of drug-likeness (QED) is 0.218. The molecule has 0 aliphatic carbocycles. The number of benzene rings is 2. The first-order chi connectivity index (χ1) is 11.8. The Labute approximate surface area is 169 Å². The number of ether oxygens (including phenoxy) is 1.